The maximum absolute atomic E-state index is 12.5. The summed E-state index contributed by atoms with van der Waals surface area (Å²) in [5.41, 5.74) is 1.32. The van der Waals surface area contributed by atoms with E-state index in [1.165, 1.54) is 16.7 Å². The molecule has 0 bridgehead atoms. The number of nitrogens with zero attached hydrogens (tertiary/aromatic N) is 2. The van der Waals surface area contributed by atoms with Crippen molar-refractivity contribution in [2.45, 2.75) is 32.1 Å². The first-order chi connectivity index (χ1) is 16.1. The Kier molecular flexibility index (Phi) is 7.93. The van der Waals surface area contributed by atoms with Crippen molar-refractivity contribution in [2.24, 2.45) is 0 Å². The van der Waals surface area contributed by atoms with Crippen molar-refractivity contribution >= 4 is 23.2 Å². The molecule has 8 heteroatoms. The lowest BCUT2D eigenvalue weighted by atomic mass is 10.0. The van der Waals surface area contributed by atoms with Gasteiger partial charge in [0.1, 0.15) is 5.76 Å². The molecule has 0 radical (unpaired) electrons. The highest BCUT2D eigenvalue weighted by molar-refractivity contribution is 7.10. The Morgan fingerprint density at radius 1 is 1.00 bits per heavy atom. The Morgan fingerprint density at radius 2 is 1.79 bits per heavy atom. The normalized spacial score (nSPS) is 16.8. The number of nitrogens with one attached hydrogen (secondary N) is 2. The molecule has 2 N–H and O–H groups in total. The summed E-state index contributed by atoms with van der Waals surface area (Å²) in [5.74, 6) is -0.678. The summed E-state index contributed by atoms with van der Waals surface area (Å²) >= 11 is 1.68. The summed E-state index contributed by atoms with van der Waals surface area (Å²) < 4.78 is 5.20. The lowest BCUT2D eigenvalue weighted by Gasteiger charge is -2.41. The Bertz CT molecular complexity index is 1000. The van der Waals surface area contributed by atoms with E-state index in [2.05, 4.69) is 56.1 Å². The SMILES string of the molecule is C[C@H](NC(=O)C(=O)NCc1ccco1)[C@@H](c1cccs1)N1CCN(Cc2ccccc2)CC1. The second-order valence-corrected chi connectivity index (χ2v) is 9.26. The molecule has 2 atom stereocenters. The van der Waals surface area contributed by atoms with Gasteiger partial charge in [0, 0.05) is 43.6 Å². The van der Waals surface area contributed by atoms with Crippen LogP contribution < -0.4 is 10.6 Å². The molecular weight excluding hydrogens is 436 g/mol. The molecule has 33 heavy (non-hydrogen) atoms. The minimum atomic E-state index is -0.657. The quantitative estimate of drug-likeness (QED) is 0.499. The summed E-state index contributed by atoms with van der Waals surface area (Å²) in [6, 6.07) is 18.0. The topological polar surface area (TPSA) is 77.8 Å². The van der Waals surface area contributed by atoms with Crippen LogP contribution in [0.3, 0.4) is 0 Å². The zero-order valence-corrected chi connectivity index (χ0v) is 19.6. The molecule has 2 amide bonds. The molecule has 0 unspecified atom stereocenters. The summed E-state index contributed by atoms with van der Waals surface area (Å²) in [6.07, 6.45) is 1.54. The van der Waals surface area contributed by atoms with E-state index >= 15 is 0 Å². The number of hydrogen-bond donors (Lipinski definition) is 2. The molecular formula is C25H30N4O3S. The molecule has 1 fully saturated rings. The third-order valence-electron chi connectivity index (χ3n) is 5.93. The van der Waals surface area contributed by atoms with Crippen LogP contribution in [0.2, 0.25) is 0 Å². The van der Waals surface area contributed by atoms with Gasteiger partial charge in [0.15, 0.2) is 0 Å². The molecule has 1 saturated heterocycles. The van der Waals surface area contributed by atoms with Gasteiger partial charge in [-0.3, -0.25) is 19.4 Å². The van der Waals surface area contributed by atoms with E-state index in [1.54, 1.807) is 23.5 Å². The van der Waals surface area contributed by atoms with Gasteiger partial charge in [0.25, 0.3) is 0 Å². The molecule has 3 aromatic rings. The van der Waals surface area contributed by atoms with Crippen LogP contribution in [-0.2, 0) is 22.7 Å². The lowest BCUT2D eigenvalue weighted by Crippen LogP contribution is -2.53. The number of carbonyl (C=O) groups is 2. The Hall–Kier alpha value is -2.94. The minimum absolute atomic E-state index is 0.0192. The van der Waals surface area contributed by atoms with Gasteiger partial charge in [-0.25, -0.2) is 0 Å². The van der Waals surface area contributed by atoms with E-state index in [0.29, 0.717) is 5.76 Å². The van der Waals surface area contributed by atoms with Crippen LogP contribution >= 0.6 is 11.3 Å². The fraction of sp³-hybridized carbons (Fsp3) is 0.360. The van der Waals surface area contributed by atoms with Crippen LogP contribution in [-0.4, -0.2) is 53.8 Å². The lowest BCUT2D eigenvalue weighted by molar-refractivity contribution is -0.140. The largest absolute Gasteiger partial charge is 0.467 e. The van der Waals surface area contributed by atoms with Crippen molar-refractivity contribution in [3.63, 3.8) is 0 Å². The van der Waals surface area contributed by atoms with Crippen molar-refractivity contribution in [2.75, 3.05) is 26.2 Å². The predicted octanol–water partition coefficient (Wildman–Crippen LogP) is 3.02. The Labute approximate surface area is 198 Å². The summed E-state index contributed by atoms with van der Waals surface area (Å²) in [7, 11) is 0. The maximum atomic E-state index is 12.5. The van der Waals surface area contributed by atoms with Gasteiger partial charge in [-0.2, -0.15) is 0 Å². The van der Waals surface area contributed by atoms with Crippen LogP contribution in [0.4, 0.5) is 0 Å². The Balaban J connectivity index is 1.34. The van der Waals surface area contributed by atoms with E-state index in [9.17, 15) is 9.59 Å². The van der Waals surface area contributed by atoms with Crippen molar-refractivity contribution < 1.29 is 14.0 Å². The van der Waals surface area contributed by atoms with Gasteiger partial charge in [0.2, 0.25) is 0 Å². The third-order valence-corrected chi connectivity index (χ3v) is 6.87. The van der Waals surface area contributed by atoms with Crippen molar-refractivity contribution in [1.29, 1.82) is 0 Å². The highest BCUT2D eigenvalue weighted by Crippen LogP contribution is 2.29. The van der Waals surface area contributed by atoms with E-state index in [-0.39, 0.29) is 18.6 Å². The molecule has 0 saturated carbocycles. The number of amides is 2. The van der Waals surface area contributed by atoms with Gasteiger partial charge in [0.05, 0.1) is 18.8 Å². The highest BCUT2D eigenvalue weighted by Gasteiger charge is 2.31. The van der Waals surface area contributed by atoms with Gasteiger partial charge in [-0.1, -0.05) is 36.4 Å². The molecule has 174 valence electrons. The Morgan fingerprint density at radius 3 is 2.45 bits per heavy atom. The highest BCUT2D eigenvalue weighted by atomic mass is 32.1. The van der Waals surface area contributed by atoms with E-state index in [1.807, 2.05) is 19.1 Å². The second kappa shape index (κ2) is 11.3. The van der Waals surface area contributed by atoms with Crippen molar-refractivity contribution in [3.05, 3.63) is 82.4 Å². The average Bonchev–Trinajstić information content (AvgIpc) is 3.54. The molecule has 2 aromatic heterocycles. The smallest absolute Gasteiger partial charge is 0.309 e. The molecule has 1 aromatic carbocycles. The number of carbonyl (C=O) groups excluding carboxylic acids is 2. The summed E-state index contributed by atoms with van der Waals surface area (Å²) in [4.78, 5) is 30.9. The molecule has 4 rings (SSSR count). The van der Waals surface area contributed by atoms with Crippen molar-refractivity contribution in [1.82, 2.24) is 20.4 Å². The summed E-state index contributed by atoms with van der Waals surface area (Å²) in [5, 5.41) is 7.58. The predicted molar refractivity (Wildman–Crippen MR) is 129 cm³/mol. The van der Waals surface area contributed by atoms with Crippen LogP contribution in [0.5, 0.6) is 0 Å². The molecule has 3 heterocycles. The molecule has 0 spiro atoms. The number of benzene rings is 1. The fourth-order valence-corrected chi connectivity index (χ4v) is 5.22. The van der Waals surface area contributed by atoms with E-state index < -0.39 is 11.8 Å². The third kappa shape index (κ3) is 6.31. The molecule has 7 nitrogen and oxygen atoms in total. The van der Waals surface area contributed by atoms with E-state index in [0.717, 1.165) is 32.7 Å². The first-order valence-corrected chi connectivity index (χ1v) is 12.1. The summed E-state index contributed by atoms with van der Waals surface area (Å²) in [6.45, 7) is 6.83. The number of furan rings is 1. The number of hydrogen-bond acceptors (Lipinski definition) is 6. The van der Waals surface area contributed by atoms with Crippen LogP contribution in [0.15, 0.2) is 70.7 Å². The molecule has 0 aliphatic carbocycles. The number of piperazine rings is 1. The van der Waals surface area contributed by atoms with Crippen molar-refractivity contribution in [3.8, 4) is 0 Å². The van der Waals surface area contributed by atoms with Gasteiger partial charge in [-0.15, -0.1) is 11.3 Å². The minimum Gasteiger partial charge on any atom is -0.467 e. The zero-order valence-electron chi connectivity index (χ0n) is 18.8. The molecule has 1 aliphatic rings. The van der Waals surface area contributed by atoms with Gasteiger partial charge < -0.3 is 15.1 Å². The van der Waals surface area contributed by atoms with E-state index in [4.69, 9.17) is 4.42 Å². The van der Waals surface area contributed by atoms with Crippen LogP contribution in [0.25, 0.3) is 0 Å². The number of thiophene rings is 1. The second-order valence-electron chi connectivity index (χ2n) is 8.28. The van der Waals surface area contributed by atoms with Gasteiger partial charge in [-0.05, 0) is 36.1 Å². The first kappa shape index (κ1) is 23.2. The standard InChI is InChI=1S/C25H30N4O3S/c1-19(27-25(31)24(30)26-17-21-9-5-15-32-21)23(22-10-6-16-33-22)29-13-11-28(12-14-29)18-20-7-3-2-4-8-20/h2-10,15-16,19,23H,11-14,17-18H2,1H3,(H,26,30)(H,27,31)/t19-,23-/m0/s1. The first-order valence-electron chi connectivity index (χ1n) is 11.2. The monoisotopic (exact) mass is 466 g/mol. The number of rotatable bonds is 8. The van der Waals surface area contributed by atoms with Gasteiger partial charge >= 0.3 is 11.8 Å². The van der Waals surface area contributed by atoms with Crippen LogP contribution in [0, 0.1) is 0 Å². The fourth-order valence-electron chi connectivity index (χ4n) is 4.26. The molecule has 1 aliphatic heterocycles. The zero-order chi connectivity index (χ0) is 23.0. The average molecular weight is 467 g/mol. The van der Waals surface area contributed by atoms with Crippen LogP contribution in [0.1, 0.15) is 29.2 Å². The maximum Gasteiger partial charge on any atom is 0.309 e.